The van der Waals surface area contributed by atoms with Gasteiger partial charge in [0.2, 0.25) is 0 Å². The molecule has 0 radical (unpaired) electrons. The van der Waals surface area contributed by atoms with E-state index in [1.807, 2.05) is 82.3 Å². The minimum Gasteiger partial charge on any atom is -0.234 e. The molecule has 2 rings (SSSR count). The van der Waals surface area contributed by atoms with Crippen LogP contribution in [0.1, 0.15) is 41.8 Å². The fourth-order valence-electron chi connectivity index (χ4n) is 2.51. The Morgan fingerprint density at radius 1 is 1.20 bits per heavy atom. The number of rotatable bonds is 5. The monoisotopic (exact) mass is 350 g/mol. The molecule has 0 atom stereocenters. The van der Waals surface area contributed by atoms with Gasteiger partial charge in [0.05, 0.1) is 5.69 Å². The first-order chi connectivity index (χ1) is 12.0. The zero-order valence-electron chi connectivity index (χ0n) is 15.2. The summed E-state index contributed by atoms with van der Waals surface area (Å²) in [5.41, 5.74) is 5.82. The van der Waals surface area contributed by atoms with Gasteiger partial charge in [-0.05, 0) is 68.2 Å². The quantitative estimate of drug-likeness (QED) is 0.547. The van der Waals surface area contributed by atoms with Gasteiger partial charge in [-0.2, -0.15) is 0 Å². The van der Waals surface area contributed by atoms with Crippen molar-refractivity contribution >= 4 is 40.3 Å². The van der Waals surface area contributed by atoms with Crippen LogP contribution in [0.25, 0.3) is 17.2 Å². The Labute approximate surface area is 155 Å². The van der Waals surface area contributed by atoms with Crippen LogP contribution in [0, 0.1) is 13.8 Å². The van der Waals surface area contributed by atoms with Gasteiger partial charge in [0, 0.05) is 10.7 Å². The first kappa shape index (κ1) is 18.9. The summed E-state index contributed by atoms with van der Waals surface area (Å²) in [6, 6.07) is 10.1. The van der Waals surface area contributed by atoms with Gasteiger partial charge in [-0.25, -0.2) is 9.98 Å². The lowest BCUT2D eigenvalue weighted by Crippen LogP contribution is -1.93. The lowest BCUT2D eigenvalue weighted by molar-refractivity contribution is 1.20. The van der Waals surface area contributed by atoms with E-state index in [0.717, 1.165) is 33.7 Å². The van der Waals surface area contributed by atoms with Crippen LogP contribution in [0.4, 0.5) is 5.82 Å². The molecule has 0 aliphatic carbocycles. The molecule has 1 aromatic carbocycles. The Bertz CT molecular complexity index is 874. The van der Waals surface area contributed by atoms with E-state index in [0.29, 0.717) is 10.9 Å². The molecule has 2 aromatic rings. The first-order valence-corrected chi connectivity index (χ1v) is 8.59. The van der Waals surface area contributed by atoms with Crippen LogP contribution in [-0.2, 0) is 0 Å². The zero-order valence-corrected chi connectivity index (χ0v) is 15.9. The van der Waals surface area contributed by atoms with Gasteiger partial charge in [-0.1, -0.05) is 54.6 Å². The third-order valence-corrected chi connectivity index (χ3v) is 4.12. The van der Waals surface area contributed by atoms with Crippen molar-refractivity contribution in [2.24, 2.45) is 4.99 Å². The molecule has 0 aliphatic heterocycles. The van der Waals surface area contributed by atoms with Crippen molar-refractivity contribution in [3.05, 3.63) is 77.0 Å². The summed E-state index contributed by atoms with van der Waals surface area (Å²) in [7, 11) is 0. The summed E-state index contributed by atoms with van der Waals surface area (Å²) in [6.45, 7) is 11.8. The van der Waals surface area contributed by atoms with Crippen molar-refractivity contribution in [2.45, 2.75) is 27.7 Å². The molecule has 128 valence electrons. The molecule has 0 N–H and O–H groups in total. The zero-order chi connectivity index (χ0) is 18.4. The third-order valence-electron chi connectivity index (χ3n) is 3.81. The van der Waals surface area contributed by atoms with E-state index in [1.165, 1.54) is 0 Å². The second-order valence-electron chi connectivity index (χ2n) is 5.87. The molecule has 1 aromatic heterocycles. The van der Waals surface area contributed by atoms with Gasteiger partial charge in [0.1, 0.15) is 0 Å². The number of aromatic nitrogens is 1. The molecule has 0 amide bonds. The van der Waals surface area contributed by atoms with Gasteiger partial charge in [-0.3, -0.25) is 0 Å². The van der Waals surface area contributed by atoms with Crippen LogP contribution in [-0.4, -0.2) is 10.7 Å². The highest BCUT2D eigenvalue weighted by Crippen LogP contribution is 2.24. The molecule has 25 heavy (non-hydrogen) atoms. The number of hydrogen-bond donors (Lipinski definition) is 0. The number of aliphatic imine (C=N–C) groups is 1. The lowest BCUT2D eigenvalue weighted by atomic mass is 10.1. The summed E-state index contributed by atoms with van der Waals surface area (Å²) in [4.78, 5) is 9.30. The highest BCUT2D eigenvalue weighted by atomic mass is 35.5. The molecule has 2 nitrogen and oxygen atoms in total. The van der Waals surface area contributed by atoms with Gasteiger partial charge in [-0.15, -0.1) is 0 Å². The van der Waals surface area contributed by atoms with Crippen molar-refractivity contribution in [3.63, 3.8) is 0 Å². The molecule has 3 heteroatoms. The average Bonchev–Trinajstić information content (AvgIpc) is 2.58. The molecule has 0 unspecified atom stereocenters. The molecule has 1 heterocycles. The predicted octanol–water partition coefficient (Wildman–Crippen LogP) is 6.75. The largest absolute Gasteiger partial charge is 0.234 e. The Kier molecular flexibility index (Phi) is 6.49. The number of halogens is 1. The molecule has 0 fully saturated rings. The Hall–Kier alpha value is -2.45. The fourth-order valence-corrected chi connectivity index (χ4v) is 2.88. The summed E-state index contributed by atoms with van der Waals surface area (Å²) >= 11 is 6.48. The van der Waals surface area contributed by atoms with Gasteiger partial charge in [0.15, 0.2) is 5.82 Å². The molecule has 0 saturated heterocycles. The van der Waals surface area contributed by atoms with Crippen LogP contribution >= 0.6 is 11.6 Å². The van der Waals surface area contributed by atoms with Crippen LogP contribution in [0.2, 0.25) is 0 Å². The lowest BCUT2D eigenvalue weighted by Gasteiger charge is -2.07. The molecular formula is C22H23ClN2. The SMILES string of the molecule is C=Cc1cc(C)c(N=C(C)/C=C(/Cl)c2ccccc2C)nc1/C=C\C. The van der Waals surface area contributed by atoms with E-state index in [4.69, 9.17) is 11.6 Å². The van der Waals surface area contributed by atoms with E-state index in [1.54, 1.807) is 0 Å². The average molecular weight is 351 g/mol. The van der Waals surface area contributed by atoms with E-state index in [9.17, 15) is 0 Å². The van der Waals surface area contributed by atoms with E-state index in [-0.39, 0.29) is 0 Å². The maximum absolute atomic E-state index is 6.48. The minimum atomic E-state index is 0.674. The number of benzene rings is 1. The molecular weight excluding hydrogens is 328 g/mol. The van der Waals surface area contributed by atoms with Crippen molar-refractivity contribution in [3.8, 4) is 0 Å². The van der Waals surface area contributed by atoms with Gasteiger partial charge >= 0.3 is 0 Å². The summed E-state index contributed by atoms with van der Waals surface area (Å²) in [5, 5.41) is 0.674. The smallest absolute Gasteiger partial charge is 0.155 e. The maximum Gasteiger partial charge on any atom is 0.155 e. The van der Waals surface area contributed by atoms with Gasteiger partial charge in [0.25, 0.3) is 0 Å². The van der Waals surface area contributed by atoms with Crippen LogP contribution in [0.15, 0.2) is 54.1 Å². The van der Waals surface area contributed by atoms with E-state index >= 15 is 0 Å². The van der Waals surface area contributed by atoms with Crippen molar-refractivity contribution < 1.29 is 0 Å². The van der Waals surface area contributed by atoms with E-state index < -0.39 is 0 Å². The number of pyridine rings is 1. The number of nitrogens with zero attached hydrogens (tertiary/aromatic N) is 2. The molecule has 0 bridgehead atoms. The summed E-state index contributed by atoms with van der Waals surface area (Å²) in [5.74, 6) is 0.696. The normalized spacial score (nSPS) is 12.7. The highest BCUT2D eigenvalue weighted by Gasteiger charge is 2.06. The maximum atomic E-state index is 6.48. The highest BCUT2D eigenvalue weighted by molar-refractivity contribution is 6.50. The minimum absolute atomic E-state index is 0.674. The van der Waals surface area contributed by atoms with Crippen LogP contribution in [0.5, 0.6) is 0 Å². The molecule has 0 spiro atoms. The van der Waals surface area contributed by atoms with Crippen molar-refractivity contribution in [1.82, 2.24) is 4.98 Å². The third kappa shape index (κ3) is 4.77. The van der Waals surface area contributed by atoms with Crippen LogP contribution in [0.3, 0.4) is 0 Å². The van der Waals surface area contributed by atoms with Crippen molar-refractivity contribution in [1.29, 1.82) is 0 Å². The topological polar surface area (TPSA) is 25.2 Å². The Morgan fingerprint density at radius 2 is 1.92 bits per heavy atom. The number of allylic oxidation sites excluding steroid dienone is 2. The number of aryl methyl sites for hydroxylation is 2. The second kappa shape index (κ2) is 8.59. The van der Waals surface area contributed by atoms with E-state index in [2.05, 4.69) is 16.6 Å². The Balaban J connectivity index is 2.42. The molecule has 0 saturated carbocycles. The van der Waals surface area contributed by atoms with Crippen LogP contribution < -0.4 is 0 Å². The Morgan fingerprint density at radius 3 is 2.56 bits per heavy atom. The summed E-state index contributed by atoms with van der Waals surface area (Å²) in [6.07, 6.45) is 7.60. The standard InChI is InChI=1S/C22H23ClN2/c1-6-10-21-18(7-2)13-16(4)22(25-21)24-17(5)14-20(23)19-12-9-8-11-15(19)3/h6-14H,2H2,1,3-5H3/b10-6-,20-14+,24-17?. The van der Waals surface area contributed by atoms with Gasteiger partial charge < -0.3 is 0 Å². The summed E-state index contributed by atoms with van der Waals surface area (Å²) < 4.78 is 0. The molecule has 0 aliphatic rings. The number of hydrogen-bond acceptors (Lipinski definition) is 2. The predicted molar refractivity (Wildman–Crippen MR) is 112 cm³/mol. The first-order valence-electron chi connectivity index (χ1n) is 8.21. The fraction of sp³-hybridized carbons (Fsp3) is 0.182. The van der Waals surface area contributed by atoms with Crippen molar-refractivity contribution in [2.75, 3.05) is 0 Å². The second-order valence-corrected chi connectivity index (χ2v) is 6.28.